The van der Waals surface area contributed by atoms with Crippen molar-refractivity contribution in [2.24, 2.45) is 5.73 Å². The summed E-state index contributed by atoms with van der Waals surface area (Å²) in [7, 11) is 0. The number of aromatic amines is 1. The molecule has 1 atom stereocenters. The summed E-state index contributed by atoms with van der Waals surface area (Å²) in [6.45, 7) is 2.13. The van der Waals surface area contributed by atoms with Gasteiger partial charge in [-0.05, 0) is 23.1 Å². The molecule has 23 heavy (non-hydrogen) atoms. The van der Waals surface area contributed by atoms with Gasteiger partial charge in [-0.25, -0.2) is 4.98 Å². The van der Waals surface area contributed by atoms with Crippen LogP contribution in [0.15, 0.2) is 60.8 Å². The van der Waals surface area contributed by atoms with Crippen molar-refractivity contribution < 1.29 is 0 Å². The molecule has 0 fully saturated rings. The third-order valence-corrected chi connectivity index (χ3v) is 3.85. The van der Waals surface area contributed by atoms with E-state index in [1.54, 1.807) is 0 Å². The Morgan fingerprint density at radius 1 is 0.957 bits per heavy atom. The maximum absolute atomic E-state index is 6.10. The number of halogens is 1. The zero-order chi connectivity index (χ0) is 15.4. The van der Waals surface area contributed by atoms with Crippen LogP contribution >= 0.6 is 12.4 Å². The van der Waals surface area contributed by atoms with E-state index < -0.39 is 0 Å². The number of hydrogen-bond acceptors (Lipinski definition) is 2. The third-order valence-electron chi connectivity index (χ3n) is 3.85. The SMILES string of the molecule is CCC[C@@H](N)c1ncc(-c2ccc(-c3ccccc3)cc2)[nH]1.Cl. The molecular weight excluding hydrogens is 306 g/mol. The Morgan fingerprint density at radius 3 is 2.22 bits per heavy atom. The average molecular weight is 328 g/mol. The fourth-order valence-electron chi connectivity index (χ4n) is 2.59. The van der Waals surface area contributed by atoms with Gasteiger partial charge >= 0.3 is 0 Å². The topological polar surface area (TPSA) is 54.7 Å². The molecule has 0 saturated carbocycles. The molecule has 2 aromatic carbocycles. The number of H-pyrrole nitrogens is 1. The smallest absolute Gasteiger partial charge is 0.123 e. The number of nitrogens with one attached hydrogen (secondary N) is 1. The maximum Gasteiger partial charge on any atom is 0.123 e. The first-order valence-electron chi connectivity index (χ1n) is 7.74. The fourth-order valence-corrected chi connectivity index (χ4v) is 2.59. The largest absolute Gasteiger partial charge is 0.341 e. The van der Waals surface area contributed by atoms with E-state index >= 15 is 0 Å². The molecule has 0 saturated heterocycles. The molecule has 0 aliphatic rings. The lowest BCUT2D eigenvalue weighted by Gasteiger charge is -2.06. The lowest BCUT2D eigenvalue weighted by molar-refractivity contribution is 0.609. The third kappa shape index (κ3) is 4.01. The molecule has 0 bridgehead atoms. The van der Waals surface area contributed by atoms with Crippen LogP contribution in [0.5, 0.6) is 0 Å². The standard InChI is InChI=1S/C19H21N3.ClH/c1-2-6-17(20)19-21-13-18(22-19)16-11-9-15(10-12-16)14-7-4-3-5-8-14;/h3-5,7-13,17H,2,6,20H2,1H3,(H,21,22);1H/t17-;/m1./s1. The second-order valence-electron chi connectivity index (χ2n) is 5.52. The molecule has 1 heterocycles. The van der Waals surface area contributed by atoms with Crippen molar-refractivity contribution >= 4 is 12.4 Å². The quantitative estimate of drug-likeness (QED) is 0.695. The van der Waals surface area contributed by atoms with Crippen LogP contribution in [0, 0.1) is 0 Å². The first-order valence-corrected chi connectivity index (χ1v) is 7.74. The van der Waals surface area contributed by atoms with Gasteiger partial charge in [-0.1, -0.05) is 67.9 Å². The minimum Gasteiger partial charge on any atom is -0.341 e. The van der Waals surface area contributed by atoms with Crippen LogP contribution in [0.3, 0.4) is 0 Å². The first-order chi connectivity index (χ1) is 10.8. The minimum atomic E-state index is -0.0117. The highest BCUT2D eigenvalue weighted by Gasteiger charge is 2.10. The number of hydrogen-bond donors (Lipinski definition) is 2. The van der Waals surface area contributed by atoms with Gasteiger partial charge in [-0.15, -0.1) is 12.4 Å². The Hall–Kier alpha value is -2.10. The Labute approximate surface area is 143 Å². The average Bonchev–Trinajstić information content (AvgIpc) is 3.06. The number of rotatable bonds is 5. The number of benzene rings is 2. The van der Waals surface area contributed by atoms with Crippen molar-refractivity contribution in [2.75, 3.05) is 0 Å². The van der Waals surface area contributed by atoms with Crippen molar-refractivity contribution in [1.29, 1.82) is 0 Å². The molecule has 3 N–H and O–H groups in total. The second-order valence-corrected chi connectivity index (χ2v) is 5.52. The van der Waals surface area contributed by atoms with Gasteiger partial charge < -0.3 is 10.7 Å². The van der Waals surface area contributed by atoms with Crippen LogP contribution in [0.4, 0.5) is 0 Å². The highest BCUT2D eigenvalue weighted by molar-refractivity contribution is 5.85. The van der Waals surface area contributed by atoms with Gasteiger partial charge in [0.1, 0.15) is 5.82 Å². The van der Waals surface area contributed by atoms with Crippen molar-refractivity contribution in [3.63, 3.8) is 0 Å². The van der Waals surface area contributed by atoms with Crippen LogP contribution in [0.25, 0.3) is 22.4 Å². The summed E-state index contributed by atoms with van der Waals surface area (Å²) in [6, 6.07) is 18.9. The van der Waals surface area contributed by atoms with Crippen molar-refractivity contribution in [3.8, 4) is 22.4 Å². The van der Waals surface area contributed by atoms with Crippen molar-refractivity contribution in [2.45, 2.75) is 25.8 Å². The van der Waals surface area contributed by atoms with Gasteiger partial charge in [0.15, 0.2) is 0 Å². The van der Waals surface area contributed by atoms with E-state index in [4.69, 9.17) is 5.73 Å². The molecule has 4 heteroatoms. The van der Waals surface area contributed by atoms with Gasteiger partial charge in [0, 0.05) is 0 Å². The van der Waals surface area contributed by atoms with Crippen LogP contribution < -0.4 is 5.73 Å². The van der Waals surface area contributed by atoms with E-state index in [0.717, 1.165) is 29.9 Å². The summed E-state index contributed by atoms with van der Waals surface area (Å²) in [5, 5.41) is 0. The van der Waals surface area contributed by atoms with E-state index in [9.17, 15) is 0 Å². The van der Waals surface area contributed by atoms with Crippen molar-refractivity contribution in [1.82, 2.24) is 9.97 Å². The van der Waals surface area contributed by atoms with Gasteiger partial charge in [0.2, 0.25) is 0 Å². The molecule has 0 amide bonds. The molecular formula is C19H22ClN3. The zero-order valence-electron chi connectivity index (χ0n) is 13.2. The molecule has 3 aromatic rings. The lowest BCUT2D eigenvalue weighted by Crippen LogP contribution is -2.11. The van der Waals surface area contributed by atoms with E-state index in [0.29, 0.717) is 0 Å². The monoisotopic (exact) mass is 327 g/mol. The Balaban J connectivity index is 0.00000192. The molecule has 0 spiro atoms. The van der Waals surface area contributed by atoms with Crippen molar-refractivity contribution in [3.05, 3.63) is 66.6 Å². The Kier molecular flexibility index (Phi) is 5.97. The normalized spacial score (nSPS) is 11.7. The summed E-state index contributed by atoms with van der Waals surface area (Å²) in [5.74, 6) is 0.865. The van der Waals surface area contributed by atoms with Gasteiger partial charge in [-0.2, -0.15) is 0 Å². The van der Waals surface area contributed by atoms with E-state index in [1.807, 2.05) is 12.3 Å². The summed E-state index contributed by atoms with van der Waals surface area (Å²) in [5.41, 5.74) is 10.7. The highest BCUT2D eigenvalue weighted by Crippen LogP contribution is 2.24. The molecule has 0 unspecified atom stereocenters. The van der Waals surface area contributed by atoms with Crippen LogP contribution in [0.1, 0.15) is 31.6 Å². The van der Waals surface area contributed by atoms with Gasteiger partial charge in [-0.3, -0.25) is 0 Å². The molecule has 0 aliphatic carbocycles. The minimum absolute atomic E-state index is 0. The molecule has 3 rings (SSSR count). The van der Waals surface area contributed by atoms with Gasteiger partial charge in [0.25, 0.3) is 0 Å². The second kappa shape index (κ2) is 7.95. The zero-order valence-corrected chi connectivity index (χ0v) is 14.0. The highest BCUT2D eigenvalue weighted by atomic mass is 35.5. The molecule has 3 nitrogen and oxygen atoms in total. The molecule has 0 aliphatic heterocycles. The first kappa shape index (κ1) is 17.3. The molecule has 0 radical (unpaired) electrons. The van der Waals surface area contributed by atoms with Crippen LogP contribution in [-0.4, -0.2) is 9.97 Å². The number of aromatic nitrogens is 2. The Morgan fingerprint density at radius 2 is 1.57 bits per heavy atom. The summed E-state index contributed by atoms with van der Waals surface area (Å²) in [4.78, 5) is 7.75. The van der Waals surface area contributed by atoms with E-state index in [2.05, 4.69) is 65.4 Å². The lowest BCUT2D eigenvalue weighted by atomic mass is 10.0. The fraction of sp³-hybridized carbons (Fsp3) is 0.211. The number of nitrogens with zero attached hydrogens (tertiary/aromatic N) is 1. The predicted octanol–water partition coefficient (Wildman–Crippen LogP) is 4.97. The van der Waals surface area contributed by atoms with E-state index in [-0.39, 0.29) is 18.4 Å². The Bertz CT molecular complexity index is 720. The summed E-state index contributed by atoms with van der Waals surface area (Å²) < 4.78 is 0. The number of imidazole rings is 1. The molecule has 1 aromatic heterocycles. The summed E-state index contributed by atoms with van der Waals surface area (Å²) >= 11 is 0. The van der Waals surface area contributed by atoms with E-state index in [1.165, 1.54) is 11.1 Å². The maximum atomic E-state index is 6.10. The molecule has 120 valence electrons. The van der Waals surface area contributed by atoms with Crippen LogP contribution in [0.2, 0.25) is 0 Å². The number of nitrogens with two attached hydrogens (primary N) is 1. The summed E-state index contributed by atoms with van der Waals surface area (Å²) in [6.07, 6.45) is 3.87. The van der Waals surface area contributed by atoms with Crippen LogP contribution in [-0.2, 0) is 0 Å². The predicted molar refractivity (Wildman–Crippen MR) is 98.5 cm³/mol. The van der Waals surface area contributed by atoms with Gasteiger partial charge in [0.05, 0.1) is 17.9 Å².